The molecule has 2 amide bonds. The summed E-state index contributed by atoms with van der Waals surface area (Å²) in [5.41, 5.74) is 5.59. The van der Waals surface area contributed by atoms with E-state index in [1.54, 1.807) is 18.3 Å². The Balaban J connectivity index is 1.21. The van der Waals surface area contributed by atoms with Crippen molar-refractivity contribution in [1.82, 2.24) is 24.7 Å². The molecule has 0 unspecified atom stereocenters. The Bertz CT molecular complexity index is 1470. The van der Waals surface area contributed by atoms with Gasteiger partial charge in [-0.15, -0.1) is 0 Å². The van der Waals surface area contributed by atoms with Crippen molar-refractivity contribution in [1.29, 1.82) is 0 Å². The maximum absolute atomic E-state index is 14.0. The molecule has 3 aromatic rings. The summed E-state index contributed by atoms with van der Waals surface area (Å²) < 4.78 is 13.4. The summed E-state index contributed by atoms with van der Waals surface area (Å²) in [5.74, 6) is -0.290. The predicted molar refractivity (Wildman–Crippen MR) is 157 cm³/mol. The van der Waals surface area contributed by atoms with E-state index in [0.29, 0.717) is 39.1 Å². The standard InChI is InChI=1S/C32H37FN6O3/c1-21-14-37(26(17-38(21)31(41)42)16-36-15-24-5-4-10-34-27(24)18-36)19-29(40)39-20-32(2,3)30-28(39)12-23(13-35-30)11-22-6-8-25(33)9-7-22/h4-10,12-13,21,26H,11,14-20H2,1-3H3,(H,41,42)/t21-,26+/m1/s1. The lowest BCUT2D eigenvalue weighted by atomic mass is 9.91. The Hall–Kier alpha value is -3.89. The number of anilines is 1. The molecule has 9 nitrogen and oxygen atoms in total. The smallest absolute Gasteiger partial charge is 0.407 e. The zero-order valence-electron chi connectivity index (χ0n) is 24.3. The molecule has 42 heavy (non-hydrogen) atoms. The van der Waals surface area contributed by atoms with Gasteiger partial charge in [0.2, 0.25) is 5.91 Å². The number of amides is 2. The molecule has 0 radical (unpaired) electrons. The molecule has 1 saturated heterocycles. The lowest BCUT2D eigenvalue weighted by Crippen LogP contribution is -2.62. The van der Waals surface area contributed by atoms with E-state index in [-0.39, 0.29) is 35.8 Å². The van der Waals surface area contributed by atoms with E-state index in [2.05, 4.69) is 34.7 Å². The first kappa shape index (κ1) is 28.2. The van der Waals surface area contributed by atoms with Gasteiger partial charge >= 0.3 is 6.09 Å². The summed E-state index contributed by atoms with van der Waals surface area (Å²) in [7, 11) is 0. The lowest BCUT2D eigenvalue weighted by Gasteiger charge is -2.45. The number of benzene rings is 1. The molecular formula is C32H37FN6O3. The van der Waals surface area contributed by atoms with Crippen LogP contribution in [0.15, 0.2) is 54.9 Å². The van der Waals surface area contributed by atoms with Crippen LogP contribution in [0.1, 0.15) is 48.8 Å². The summed E-state index contributed by atoms with van der Waals surface area (Å²) >= 11 is 0. The normalized spacial score (nSPS) is 21.8. The number of pyridine rings is 2. The highest BCUT2D eigenvalue weighted by Crippen LogP contribution is 2.40. The van der Waals surface area contributed by atoms with Gasteiger partial charge in [-0.3, -0.25) is 24.6 Å². The highest BCUT2D eigenvalue weighted by Gasteiger charge is 2.42. The number of carbonyl (C=O) groups is 2. The van der Waals surface area contributed by atoms with Gasteiger partial charge in [-0.1, -0.05) is 32.0 Å². The van der Waals surface area contributed by atoms with Crippen LogP contribution in [0.5, 0.6) is 0 Å². The number of rotatable bonds is 6. The molecule has 3 aliphatic rings. The summed E-state index contributed by atoms with van der Waals surface area (Å²) in [5, 5.41) is 9.87. The predicted octanol–water partition coefficient (Wildman–Crippen LogP) is 3.90. The van der Waals surface area contributed by atoms with Crippen molar-refractivity contribution < 1.29 is 19.1 Å². The highest BCUT2D eigenvalue weighted by atomic mass is 19.1. The van der Waals surface area contributed by atoms with E-state index >= 15 is 0 Å². The lowest BCUT2D eigenvalue weighted by molar-refractivity contribution is -0.121. The first-order valence-electron chi connectivity index (χ1n) is 14.5. The minimum atomic E-state index is -0.931. The fourth-order valence-electron chi connectivity index (χ4n) is 6.63. The molecule has 3 aliphatic heterocycles. The van der Waals surface area contributed by atoms with Crippen molar-refractivity contribution >= 4 is 17.7 Å². The van der Waals surface area contributed by atoms with Gasteiger partial charge in [0, 0.05) is 69.2 Å². The fraction of sp³-hybridized carbons (Fsp3) is 0.438. The summed E-state index contributed by atoms with van der Waals surface area (Å²) in [6.45, 7) is 9.76. The van der Waals surface area contributed by atoms with Gasteiger partial charge in [0.25, 0.3) is 0 Å². The molecular weight excluding hydrogens is 535 g/mol. The third-order valence-corrected chi connectivity index (χ3v) is 8.79. The third kappa shape index (κ3) is 5.61. The molecule has 1 fully saturated rings. The molecule has 0 spiro atoms. The van der Waals surface area contributed by atoms with Crippen LogP contribution in [0.2, 0.25) is 0 Å². The van der Waals surface area contributed by atoms with Gasteiger partial charge in [-0.05, 0) is 54.3 Å². The number of hydrogen-bond acceptors (Lipinski definition) is 6. The maximum atomic E-state index is 14.0. The van der Waals surface area contributed by atoms with Gasteiger partial charge in [0.1, 0.15) is 5.82 Å². The summed E-state index contributed by atoms with van der Waals surface area (Å²) in [4.78, 5) is 43.1. The van der Waals surface area contributed by atoms with Crippen LogP contribution in [0.3, 0.4) is 0 Å². The number of carboxylic acid groups (broad SMARTS) is 1. The largest absolute Gasteiger partial charge is 0.465 e. The molecule has 5 heterocycles. The minimum absolute atomic E-state index is 0.0186. The van der Waals surface area contributed by atoms with Gasteiger partial charge in [-0.2, -0.15) is 0 Å². The van der Waals surface area contributed by atoms with Gasteiger partial charge in [0.05, 0.1) is 23.6 Å². The van der Waals surface area contributed by atoms with Gasteiger partial charge < -0.3 is 14.9 Å². The van der Waals surface area contributed by atoms with Crippen LogP contribution in [-0.4, -0.2) is 86.6 Å². The number of piperazine rings is 1. The van der Waals surface area contributed by atoms with Crippen molar-refractivity contribution in [2.45, 2.75) is 57.8 Å². The average Bonchev–Trinajstić information content (AvgIpc) is 3.48. The van der Waals surface area contributed by atoms with E-state index in [0.717, 1.165) is 34.7 Å². The minimum Gasteiger partial charge on any atom is -0.465 e. The van der Waals surface area contributed by atoms with E-state index in [1.165, 1.54) is 22.6 Å². The van der Waals surface area contributed by atoms with Crippen molar-refractivity contribution in [3.8, 4) is 0 Å². The zero-order valence-corrected chi connectivity index (χ0v) is 24.3. The molecule has 2 atom stereocenters. The molecule has 0 aliphatic carbocycles. The summed E-state index contributed by atoms with van der Waals surface area (Å²) in [6.07, 6.45) is 3.31. The number of hydrogen-bond donors (Lipinski definition) is 1. The van der Waals surface area contributed by atoms with E-state index < -0.39 is 6.09 Å². The Morgan fingerprint density at radius 2 is 1.86 bits per heavy atom. The number of aromatic nitrogens is 2. The van der Waals surface area contributed by atoms with Crippen molar-refractivity contribution in [3.05, 3.63) is 88.8 Å². The molecule has 0 saturated carbocycles. The Labute approximate surface area is 245 Å². The number of nitrogens with zero attached hydrogens (tertiary/aromatic N) is 6. The Morgan fingerprint density at radius 1 is 1.07 bits per heavy atom. The van der Waals surface area contributed by atoms with Crippen molar-refractivity contribution in [3.63, 3.8) is 0 Å². The topological polar surface area (TPSA) is 93.1 Å². The van der Waals surface area contributed by atoms with Crippen LogP contribution >= 0.6 is 0 Å². The number of fused-ring (bicyclic) bond motifs is 2. The van der Waals surface area contributed by atoms with Crippen LogP contribution in [0, 0.1) is 5.82 Å². The second kappa shape index (κ2) is 11.1. The first-order chi connectivity index (χ1) is 20.1. The maximum Gasteiger partial charge on any atom is 0.407 e. The average molecular weight is 573 g/mol. The zero-order chi connectivity index (χ0) is 29.6. The first-order valence-corrected chi connectivity index (χ1v) is 14.5. The molecule has 220 valence electrons. The van der Waals surface area contributed by atoms with Crippen LogP contribution in [0.4, 0.5) is 14.9 Å². The fourth-order valence-corrected chi connectivity index (χ4v) is 6.63. The second-order valence-corrected chi connectivity index (χ2v) is 12.5. The monoisotopic (exact) mass is 572 g/mol. The summed E-state index contributed by atoms with van der Waals surface area (Å²) in [6, 6.07) is 12.1. The van der Waals surface area contributed by atoms with Crippen molar-refractivity contribution in [2.75, 3.05) is 37.6 Å². The molecule has 1 N–H and O–H groups in total. The molecule has 2 aromatic heterocycles. The Morgan fingerprint density at radius 3 is 2.60 bits per heavy atom. The van der Waals surface area contributed by atoms with E-state index in [1.807, 2.05) is 30.2 Å². The molecule has 10 heteroatoms. The SMILES string of the molecule is C[C@@H]1CN(CC(=O)N2CC(C)(C)c3ncc(Cc4ccc(F)cc4)cc32)[C@@H](CN2Cc3cccnc3C2)CN1C(=O)O. The van der Waals surface area contributed by atoms with Crippen molar-refractivity contribution in [2.24, 2.45) is 0 Å². The van der Waals surface area contributed by atoms with E-state index in [9.17, 15) is 19.1 Å². The number of carbonyl (C=O) groups excluding carboxylic acids is 1. The van der Waals surface area contributed by atoms with Crippen LogP contribution in [0.25, 0.3) is 0 Å². The molecule has 1 aromatic carbocycles. The van der Waals surface area contributed by atoms with E-state index in [4.69, 9.17) is 4.98 Å². The third-order valence-electron chi connectivity index (χ3n) is 8.79. The van der Waals surface area contributed by atoms with Gasteiger partial charge in [-0.25, -0.2) is 9.18 Å². The second-order valence-electron chi connectivity index (χ2n) is 12.5. The van der Waals surface area contributed by atoms with Crippen LogP contribution in [-0.2, 0) is 29.7 Å². The molecule has 6 rings (SSSR count). The van der Waals surface area contributed by atoms with Crippen LogP contribution < -0.4 is 4.90 Å². The molecule has 0 bridgehead atoms. The number of halogens is 1. The quantitative estimate of drug-likeness (QED) is 0.479. The Kier molecular flexibility index (Phi) is 7.44. The highest BCUT2D eigenvalue weighted by molar-refractivity contribution is 5.97. The van der Waals surface area contributed by atoms with Gasteiger partial charge in [0.15, 0.2) is 0 Å².